The highest BCUT2D eigenvalue weighted by Gasteiger charge is 2.87. The molecule has 1 aliphatic heterocycles. The second-order valence-corrected chi connectivity index (χ2v) is 10.2. The average Bonchev–Trinajstić information content (AvgIpc) is 2.91. The lowest BCUT2D eigenvalue weighted by atomic mass is 9.84. The molecule has 2 bridgehead atoms. The molecule has 1 saturated carbocycles. The molecule has 1 heterocycles. The van der Waals surface area contributed by atoms with E-state index in [1.165, 1.54) is 0 Å². The Balaban J connectivity index is 1.92. The van der Waals surface area contributed by atoms with Gasteiger partial charge in [-0.25, -0.2) is 4.90 Å². The van der Waals surface area contributed by atoms with Crippen LogP contribution in [0.15, 0.2) is 28.3 Å². The van der Waals surface area contributed by atoms with E-state index in [0.29, 0.717) is 5.69 Å². The maximum Gasteiger partial charge on any atom is 0.240 e. The summed E-state index contributed by atoms with van der Waals surface area (Å²) in [5.41, 5.74) is 2.24. The maximum absolute atomic E-state index is 13.2. The number of benzene rings is 1. The molecule has 138 valence electrons. The summed E-state index contributed by atoms with van der Waals surface area (Å²) in [5, 5.41) is -0.184. The zero-order valence-electron chi connectivity index (χ0n) is 13.4. The summed E-state index contributed by atoms with van der Waals surface area (Å²) < 4.78 is -1.91. The van der Waals surface area contributed by atoms with Crippen molar-refractivity contribution in [3.63, 3.8) is 0 Å². The van der Waals surface area contributed by atoms with Gasteiger partial charge >= 0.3 is 0 Å². The van der Waals surface area contributed by atoms with Crippen molar-refractivity contribution in [1.29, 1.82) is 0 Å². The van der Waals surface area contributed by atoms with Gasteiger partial charge in [0.25, 0.3) is 0 Å². The third-order valence-corrected chi connectivity index (χ3v) is 9.63. The van der Waals surface area contributed by atoms with Gasteiger partial charge in [-0.1, -0.05) is 52.5 Å². The molecule has 4 rings (SSSR count). The average molecular weight is 474 g/mol. The number of hydrogen-bond donors (Lipinski definition) is 0. The van der Waals surface area contributed by atoms with Crippen LogP contribution in [0.2, 0.25) is 0 Å². The third kappa shape index (κ3) is 1.86. The smallest absolute Gasteiger partial charge is 0.240 e. The Morgan fingerprint density at radius 1 is 0.808 bits per heavy atom. The van der Waals surface area contributed by atoms with Gasteiger partial charge in [-0.05, 0) is 37.1 Å². The molecule has 3 aliphatic rings. The molecule has 2 fully saturated rings. The minimum Gasteiger partial charge on any atom is -0.274 e. The van der Waals surface area contributed by atoms with Crippen LogP contribution in [0.1, 0.15) is 11.1 Å². The number of imide groups is 1. The van der Waals surface area contributed by atoms with E-state index in [0.717, 1.165) is 16.0 Å². The van der Waals surface area contributed by atoms with Gasteiger partial charge in [-0.2, -0.15) is 0 Å². The zero-order chi connectivity index (χ0) is 19.4. The van der Waals surface area contributed by atoms with Crippen LogP contribution < -0.4 is 4.90 Å². The van der Waals surface area contributed by atoms with Gasteiger partial charge in [0.1, 0.15) is 9.75 Å². The fraction of sp³-hybridized carbons (Fsp3) is 0.412. The highest BCUT2D eigenvalue weighted by molar-refractivity contribution is 6.67. The van der Waals surface area contributed by atoms with E-state index in [1.807, 2.05) is 19.9 Å². The molecule has 1 saturated heterocycles. The summed E-state index contributed by atoms with van der Waals surface area (Å²) >= 11 is 38.8. The standard InChI is InChI=1S/C17H11Cl6NO2/c1-6-3-7(2)5-8(4-6)24-13(25)9-10(14(24)26)16(21)12(19)11(18)15(9,20)17(16,22)23/h3-5,9-10H,1-2H3/t9-,10-,15+,16+/m0/s1. The Morgan fingerprint density at radius 2 is 1.19 bits per heavy atom. The SMILES string of the molecule is Cc1cc(C)cc(N2C(=O)[C@@H]3[C@@H](C2=O)[C@@]2(Cl)C(Cl)=C(Cl)[C@@]3(Cl)C2(Cl)Cl)c1. The molecule has 26 heavy (non-hydrogen) atoms. The number of anilines is 1. The first-order valence-corrected chi connectivity index (χ1v) is 9.95. The van der Waals surface area contributed by atoms with E-state index < -0.39 is 37.7 Å². The summed E-state index contributed by atoms with van der Waals surface area (Å²) in [6.07, 6.45) is 0. The van der Waals surface area contributed by atoms with Crippen LogP contribution in [0, 0.1) is 25.7 Å². The molecule has 3 nitrogen and oxygen atoms in total. The number of aryl methyl sites for hydroxylation is 2. The van der Waals surface area contributed by atoms with Gasteiger partial charge in [0.15, 0.2) is 4.33 Å². The maximum atomic E-state index is 13.2. The molecule has 1 aromatic rings. The van der Waals surface area contributed by atoms with Crippen molar-refractivity contribution in [3.05, 3.63) is 39.4 Å². The number of carbonyl (C=O) groups is 2. The highest BCUT2D eigenvalue weighted by Crippen LogP contribution is 2.77. The van der Waals surface area contributed by atoms with Crippen molar-refractivity contribution in [1.82, 2.24) is 0 Å². The van der Waals surface area contributed by atoms with Gasteiger partial charge in [-0.3, -0.25) is 9.59 Å². The first kappa shape index (κ1) is 19.2. The molecule has 0 radical (unpaired) electrons. The van der Waals surface area contributed by atoms with Crippen molar-refractivity contribution in [2.45, 2.75) is 27.9 Å². The van der Waals surface area contributed by atoms with Crippen LogP contribution in [0.3, 0.4) is 0 Å². The van der Waals surface area contributed by atoms with E-state index in [9.17, 15) is 9.59 Å². The van der Waals surface area contributed by atoms with Gasteiger partial charge in [0, 0.05) is 0 Å². The lowest BCUT2D eigenvalue weighted by molar-refractivity contribution is -0.123. The molecule has 1 aromatic carbocycles. The number of alkyl halides is 4. The second kappa shape index (κ2) is 5.46. The minimum absolute atomic E-state index is 0.0921. The Hall–Kier alpha value is -0.160. The molecule has 4 atom stereocenters. The van der Waals surface area contributed by atoms with Crippen LogP contribution in [-0.4, -0.2) is 25.9 Å². The van der Waals surface area contributed by atoms with Crippen molar-refractivity contribution in [3.8, 4) is 0 Å². The quantitative estimate of drug-likeness (QED) is 0.412. The van der Waals surface area contributed by atoms with Crippen LogP contribution in [0.5, 0.6) is 0 Å². The lowest BCUT2D eigenvalue weighted by Crippen LogP contribution is -2.50. The molecule has 0 unspecified atom stereocenters. The number of nitrogens with zero attached hydrogens (tertiary/aromatic N) is 1. The highest BCUT2D eigenvalue weighted by atomic mass is 35.5. The Bertz CT molecular complexity index is 862. The summed E-state index contributed by atoms with van der Waals surface area (Å²) in [7, 11) is 0. The predicted octanol–water partition coefficient (Wildman–Crippen LogP) is 5.25. The molecule has 2 aliphatic carbocycles. The monoisotopic (exact) mass is 471 g/mol. The summed E-state index contributed by atoms with van der Waals surface area (Å²) in [5.74, 6) is -3.31. The van der Waals surface area contributed by atoms with Crippen LogP contribution in [0.4, 0.5) is 5.69 Å². The summed E-state index contributed by atoms with van der Waals surface area (Å²) in [6.45, 7) is 3.74. The summed E-state index contributed by atoms with van der Waals surface area (Å²) in [4.78, 5) is 24.0. The molecule has 0 aromatic heterocycles. The van der Waals surface area contributed by atoms with Gasteiger partial charge < -0.3 is 0 Å². The Kier molecular flexibility index (Phi) is 4.03. The molecule has 9 heteroatoms. The first-order chi connectivity index (χ1) is 11.9. The molecule has 0 spiro atoms. The van der Waals surface area contributed by atoms with Crippen molar-refractivity contribution in [2.24, 2.45) is 11.8 Å². The van der Waals surface area contributed by atoms with Gasteiger partial charge in [0.2, 0.25) is 11.8 Å². The number of halogens is 6. The first-order valence-electron chi connectivity index (χ1n) is 7.68. The topological polar surface area (TPSA) is 37.4 Å². The van der Waals surface area contributed by atoms with E-state index in [1.54, 1.807) is 12.1 Å². The van der Waals surface area contributed by atoms with E-state index >= 15 is 0 Å². The van der Waals surface area contributed by atoms with E-state index in [4.69, 9.17) is 69.6 Å². The summed E-state index contributed by atoms with van der Waals surface area (Å²) in [6, 6.07) is 5.40. The number of amides is 2. The normalized spacial score (nSPS) is 37.8. The van der Waals surface area contributed by atoms with Crippen molar-refractivity contribution >= 4 is 87.1 Å². The Morgan fingerprint density at radius 3 is 1.58 bits per heavy atom. The lowest BCUT2D eigenvalue weighted by Gasteiger charge is -2.34. The largest absolute Gasteiger partial charge is 0.274 e. The number of carbonyl (C=O) groups excluding carboxylic acids is 2. The van der Waals surface area contributed by atoms with Crippen LogP contribution >= 0.6 is 69.6 Å². The van der Waals surface area contributed by atoms with Crippen LogP contribution in [0.25, 0.3) is 0 Å². The van der Waals surface area contributed by atoms with Gasteiger partial charge in [-0.15, -0.1) is 23.2 Å². The minimum atomic E-state index is -1.91. The number of allylic oxidation sites excluding steroid dienone is 2. The molecule has 2 amide bonds. The fourth-order valence-corrected chi connectivity index (χ4v) is 7.26. The zero-order valence-corrected chi connectivity index (χ0v) is 18.0. The van der Waals surface area contributed by atoms with Crippen LogP contribution in [-0.2, 0) is 9.59 Å². The molecular weight excluding hydrogens is 463 g/mol. The molecule has 0 N–H and O–H groups in total. The Labute approximate surface area is 180 Å². The van der Waals surface area contributed by atoms with Crippen molar-refractivity contribution < 1.29 is 9.59 Å². The van der Waals surface area contributed by atoms with E-state index in [-0.39, 0.29) is 10.1 Å². The predicted molar refractivity (Wildman–Crippen MR) is 106 cm³/mol. The number of fused-ring (bicyclic) bond motifs is 5. The number of hydrogen-bond acceptors (Lipinski definition) is 2. The van der Waals surface area contributed by atoms with Gasteiger partial charge in [0.05, 0.1) is 27.6 Å². The fourth-order valence-electron chi connectivity index (χ4n) is 4.33. The van der Waals surface area contributed by atoms with E-state index in [2.05, 4.69) is 0 Å². The van der Waals surface area contributed by atoms with Crippen molar-refractivity contribution in [2.75, 3.05) is 4.90 Å². The number of rotatable bonds is 1. The third-order valence-electron chi connectivity index (χ3n) is 5.37. The molecular formula is C17H11Cl6NO2. The second-order valence-electron chi connectivity index (χ2n) is 6.94.